The van der Waals surface area contributed by atoms with Crippen LogP contribution in [0.5, 0.6) is 0 Å². The summed E-state index contributed by atoms with van der Waals surface area (Å²) in [6, 6.07) is 0. The maximum atomic E-state index is 12.7. The van der Waals surface area contributed by atoms with E-state index in [0.717, 1.165) is 0 Å². The highest BCUT2D eigenvalue weighted by Gasteiger charge is 2.95. The summed E-state index contributed by atoms with van der Waals surface area (Å²) < 4.78 is 149. The number of alkyl halides is 12. The van der Waals surface area contributed by atoms with Crippen molar-refractivity contribution in [1.29, 1.82) is 0 Å². The second kappa shape index (κ2) is 5.83. The quantitative estimate of drug-likeness (QED) is 0.385. The standard InChI is InChI=1S/2C6H6F6.2CH4/c1-3(7)5(9,10)4(2,8)6(3,11)12;1-3(7)4(2,8)6(11,12)5(3,9)10;;/h2*1-2H3;2*1H4. The largest absolute Gasteiger partial charge is 0.349 e. The van der Waals surface area contributed by atoms with Gasteiger partial charge in [-0.2, -0.15) is 35.1 Å². The van der Waals surface area contributed by atoms with E-state index in [2.05, 4.69) is 0 Å². The highest BCUT2D eigenvalue weighted by atomic mass is 19.3. The minimum atomic E-state index is -4.93. The molecule has 2 fully saturated rings. The Bertz CT molecular complexity index is 354. The van der Waals surface area contributed by atoms with Gasteiger partial charge in [0.25, 0.3) is 0 Å². The maximum absolute atomic E-state index is 12.7. The average molecular weight is 416 g/mol. The van der Waals surface area contributed by atoms with Gasteiger partial charge in [-0.05, 0) is 27.7 Å². The molecule has 2 aliphatic rings. The molecule has 0 radical (unpaired) electrons. The Kier molecular flexibility index (Phi) is 6.14. The summed E-state index contributed by atoms with van der Waals surface area (Å²) in [6.07, 6.45) is 0. The summed E-state index contributed by atoms with van der Waals surface area (Å²) in [4.78, 5) is 0. The van der Waals surface area contributed by atoms with Crippen LogP contribution in [-0.2, 0) is 0 Å². The van der Waals surface area contributed by atoms with Crippen molar-refractivity contribution in [3.63, 3.8) is 0 Å². The molecule has 0 spiro atoms. The van der Waals surface area contributed by atoms with Gasteiger partial charge >= 0.3 is 23.7 Å². The van der Waals surface area contributed by atoms with E-state index in [0.29, 0.717) is 0 Å². The van der Waals surface area contributed by atoms with Gasteiger partial charge in [0.05, 0.1) is 0 Å². The molecule has 0 saturated heterocycles. The molecule has 2 saturated carbocycles. The first-order chi connectivity index (χ1) is 10.0. The minimum Gasteiger partial charge on any atom is -0.233 e. The lowest BCUT2D eigenvalue weighted by Gasteiger charge is -2.55. The van der Waals surface area contributed by atoms with Crippen molar-refractivity contribution in [2.45, 2.75) is 88.9 Å². The van der Waals surface area contributed by atoms with Gasteiger partial charge in [0, 0.05) is 0 Å². The van der Waals surface area contributed by atoms with Crippen LogP contribution >= 0.6 is 0 Å². The monoisotopic (exact) mass is 416 g/mol. The Balaban J connectivity index is 0. The van der Waals surface area contributed by atoms with E-state index in [4.69, 9.17) is 0 Å². The Morgan fingerprint density at radius 2 is 0.462 bits per heavy atom. The third-order valence-corrected chi connectivity index (χ3v) is 4.81. The summed E-state index contributed by atoms with van der Waals surface area (Å²) >= 11 is 0. The van der Waals surface area contributed by atoms with E-state index in [1.807, 2.05) is 0 Å². The van der Waals surface area contributed by atoms with Crippen LogP contribution in [-0.4, -0.2) is 46.4 Å². The van der Waals surface area contributed by atoms with Gasteiger partial charge < -0.3 is 0 Å². The van der Waals surface area contributed by atoms with Crippen LogP contribution < -0.4 is 0 Å². The van der Waals surface area contributed by atoms with Gasteiger partial charge in [-0.3, -0.25) is 0 Å². The Morgan fingerprint density at radius 1 is 0.308 bits per heavy atom. The van der Waals surface area contributed by atoms with Crippen LogP contribution in [0.1, 0.15) is 42.5 Å². The fourth-order valence-electron chi connectivity index (χ4n) is 2.33. The van der Waals surface area contributed by atoms with Crippen LogP contribution in [0.25, 0.3) is 0 Å². The molecule has 0 N–H and O–H groups in total. The molecule has 0 bridgehead atoms. The van der Waals surface area contributed by atoms with Gasteiger partial charge in [0.1, 0.15) is 0 Å². The predicted molar refractivity (Wildman–Crippen MR) is 71.3 cm³/mol. The van der Waals surface area contributed by atoms with E-state index < -0.39 is 46.4 Å². The molecule has 0 heterocycles. The van der Waals surface area contributed by atoms with Gasteiger partial charge in [0.2, 0.25) is 22.7 Å². The Labute approximate surface area is 142 Å². The molecule has 0 aliphatic heterocycles. The SMILES string of the molecule is C.C.CC1(F)C(C)(F)C(F)(F)C1(F)F.CC1(F)C(F)(F)C(C)(F)C1(F)F. The summed E-state index contributed by atoms with van der Waals surface area (Å²) in [7, 11) is 0. The third kappa shape index (κ3) is 2.25. The Hall–Kier alpha value is -0.840. The van der Waals surface area contributed by atoms with Crippen molar-refractivity contribution in [1.82, 2.24) is 0 Å². The van der Waals surface area contributed by atoms with Crippen molar-refractivity contribution in [2.75, 3.05) is 0 Å². The minimum absolute atomic E-state index is 0. The topological polar surface area (TPSA) is 0 Å². The smallest absolute Gasteiger partial charge is 0.233 e. The molecule has 0 aromatic rings. The Morgan fingerprint density at radius 3 is 0.538 bits per heavy atom. The molecule has 0 aromatic heterocycles. The molecule has 26 heavy (non-hydrogen) atoms. The first kappa shape index (κ1) is 27.4. The van der Waals surface area contributed by atoms with Crippen molar-refractivity contribution in [3.8, 4) is 0 Å². The summed E-state index contributed by atoms with van der Waals surface area (Å²) in [5.41, 5.74) is -15.8. The van der Waals surface area contributed by atoms with Gasteiger partial charge in [0.15, 0.2) is 0 Å². The lowest BCUT2D eigenvalue weighted by molar-refractivity contribution is -0.427. The van der Waals surface area contributed by atoms with Crippen LogP contribution in [0.4, 0.5) is 52.7 Å². The molecule has 12 heteroatoms. The lowest BCUT2D eigenvalue weighted by atomic mass is 9.63. The molecule has 2 rings (SSSR count). The molecule has 2 atom stereocenters. The second-order valence-corrected chi connectivity index (χ2v) is 6.31. The highest BCUT2D eigenvalue weighted by molar-refractivity contribution is 5.29. The van der Waals surface area contributed by atoms with Crippen LogP contribution in [0, 0.1) is 0 Å². The zero-order chi connectivity index (χ0) is 20.0. The first-order valence-corrected chi connectivity index (χ1v) is 6.27. The van der Waals surface area contributed by atoms with Crippen LogP contribution in [0.2, 0.25) is 0 Å². The molecule has 0 aromatic carbocycles. The molecule has 160 valence electrons. The number of halogens is 12. The molecular formula is C14H20F12. The normalized spacial score (nSPS) is 46.2. The zero-order valence-electron chi connectivity index (χ0n) is 12.5. The second-order valence-electron chi connectivity index (χ2n) is 6.31. The molecule has 0 nitrogen and oxygen atoms in total. The van der Waals surface area contributed by atoms with Crippen LogP contribution in [0.3, 0.4) is 0 Å². The molecule has 2 aliphatic carbocycles. The van der Waals surface area contributed by atoms with Gasteiger partial charge in [-0.15, -0.1) is 0 Å². The van der Waals surface area contributed by atoms with E-state index in [9.17, 15) is 52.7 Å². The highest BCUT2D eigenvalue weighted by Crippen LogP contribution is 2.68. The van der Waals surface area contributed by atoms with Crippen molar-refractivity contribution < 1.29 is 52.7 Å². The van der Waals surface area contributed by atoms with Crippen molar-refractivity contribution in [3.05, 3.63) is 0 Å². The summed E-state index contributed by atoms with van der Waals surface area (Å²) in [5.74, 6) is -19.1. The van der Waals surface area contributed by atoms with E-state index in [1.165, 1.54) is 0 Å². The fraction of sp³-hybridized carbons (Fsp3) is 1.00. The van der Waals surface area contributed by atoms with E-state index in [1.54, 1.807) is 0 Å². The van der Waals surface area contributed by atoms with Crippen molar-refractivity contribution >= 4 is 0 Å². The summed E-state index contributed by atoms with van der Waals surface area (Å²) in [5, 5.41) is 0. The van der Waals surface area contributed by atoms with Gasteiger partial charge in [-0.25, -0.2) is 17.6 Å². The lowest BCUT2D eigenvalue weighted by Crippen LogP contribution is -2.83. The van der Waals surface area contributed by atoms with E-state index >= 15 is 0 Å². The van der Waals surface area contributed by atoms with E-state index in [-0.39, 0.29) is 42.5 Å². The fourth-order valence-corrected chi connectivity index (χ4v) is 2.33. The molecule has 2 unspecified atom stereocenters. The average Bonchev–Trinajstić information content (AvgIpc) is 2.36. The number of hydrogen-bond acceptors (Lipinski definition) is 0. The molecule has 0 amide bonds. The molecular weight excluding hydrogens is 396 g/mol. The first-order valence-electron chi connectivity index (χ1n) is 6.27. The van der Waals surface area contributed by atoms with Gasteiger partial charge in [-0.1, -0.05) is 14.9 Å². The third-order valence-electron chi connectivity index (χ3n) is 4.81. The number of hydrogen-bond donors (Lipinski definition) is 0. The summed E-state index contributed by atoms with van der Waals surface area (Å²) in [6.45, 7) is 0.247. The zero-order valence-corrected chi connectivity index (χ0v) is 12.5. The van der Waals surface area contributed by atoms with Crippen LogP contribution in [0.15, 0.2) is 0 Å². The predicted octanol–water partition coefficient (Wildman–Crippen LogP) is 6.73. The van der Waals surface area contributed by atoms with Crippen molar-refractivity contribution in [2.24, 2.45) is 0 Å². The maximum Gasteiger partial charge on any atom is 0.349 e. The number of rotatable bonds is 0.